The topological polar surface area (TPSA) is 72.7 Å². The summed E-state index contributed by atoms with van der Waals surface area (Å²) < 4.78 is 0. The number of hydroxylamine groups is 1. The van der Waals surface area contributed by atoms with Crippen molar-refractivity contribution in [1.29, 1.82) is 0 Å². The summed E-state index contributed by atoms with van der Waals surface area (Å²) in [5.74, 6) is 0. The first-order valence-electron chi connectivity index (χ1n) is 3.48. The Morgan fingerprint density at radius 3 is 2.60 bits per heavy atom. The second-order valence-electron chi connectivity index (χ2n) is 2.89. The van der Waals surface area contributed by atoms with Crippen molar-refractivity contribution in [1.82, 2.24) is 5.48 Å². The summed E-state index contributed by atoms with van der Waals surface area (Å²) in [6.07, 6.45) is 1.68. The second kappa shape index (κ2) is 2.84. The van der Waals surface area contributed by atoms with Crippen LogP contribution in [0.15, 0.2) is 0 Å². The Hall–Kier alpha value is -0.160. The minimum atomic E-state index is -1.25. The van der Waals surface area contributed by atoms with Crippen molar-refractivity contribution in [2.75, 3.05) is 0 Å². The standard InChI is InChI=1S/C6H13NO3/c8-5-2-1-3-6(9,4-5)7-10/h5,7-10H,1-4H2. The lowest BCUT2D eigenvalue weighted by molar-refractivity contribution is -0.136. The molecule has 1 aliphatic carbocycles. The fourth-order valence-electron chi connectivity index (χ4n) is 1.33. The maximum absolute atomic E-state index is 9.33. The van der Waals surface area contributed by atoms with Gasteiger partial charge in [0.05, 0.1) is 6.10 Å². The molecule has 0 aromatic rings. The van der Waals surface area contributed by atoms with E-state index in [1.54, 1.807) is 5.48 Å². The highest BCUT2D eigenvalue weighted by Crippen LogP contribution is 2.25. The molecule has 0 bridgehead atoms. The summed E-state index contributed by atoms with van der Waals surface area (Å²) in [5.41, 5.74) is 0.554. The van der Waals surface area contributed by atoms with Gasteiger partial charge in [-0.05, 0) is 19.3 Å². The van der Waals surface area contributed by atoms with E-state index in [-0.39, 0.29) is 6.42 Å². The van der Waals surface area contributed by atoms with E-state index >= 15 is 0 Å². The van der Waals surface area contributed by atoms with Crippen LogP contribution < -0.4 is 5.48 Å². The molecule has 0 aromatic carbocycles. The van der Waals surface area contributed by atoms with Gasteiger partial charge in [0.15, 0.2) is 0 Å². The number of rotatable bonds is 1. The average molecular weight is 147 g/mol. The molecule has 1 aliphatic rings. The van der Waals surface area contributed by atoms with Crippen LogP contribution in [0.2, 0.25) is 0 Å². The summed E-state index contributed by atoms with van der Waals surface area (Å²) in [6.45, 7) is 0. The molecular formula is C6H13NO3. The third kappa shape index (κ3) is 1.67. The van der Waals surface area contributed by atoms with E-state index in [0.29, 0.717) is 12.8 Å². The van der Waals surface area contributed by atoms with Crippen molar-refractivity contribution in [3.63, 3.8) is 0 Å². The molecule has 0 saturated heterocycles. The summed E-state index contributed by atoms with van der Waals surface area (Å²) in [6, 6.07) is 0. The maximum atomic E-state index is 9.33. The van der Waals surface area contributed by atoms with Crippen LogP contribution in [0.4, 0.5) is 0 Å². The van der Waals surface area contributed by atoms with Gasteiger partial charge < -0.3 is 15.4 Å². The van der Waals surface area contributed by atoms with Crippen molar-refractivity contribution >= 4 is 0 Å². The molecule has 1 saturated carbocycles. The van der Waals surface area contributed by atoms with Gasteiger partial charge >= 0.3 is 0 Å². The fraction of sp³-hybridized carbons (Fsp3) is 1.00. The first kappa shape index (κ1) is 7.94. The molecule has 0 spiro atoms. The first-order valence-corrected chi connectivity index (χ1v) is 3.48. The number of aliphatic hydroxyl groups excluding tert-OH is 1. The zero-order chi connectivity index (χ0) is 7.61. The van der Waals surface area contributed by atoms with E-state index in [0.717, 1.165) is 6.42 Å². The van der Waals surface area contributed by atoms with E-state index in [9.17, 15) is 5.11 Å². The molecule has 4 N–H and O–H groups in total. The van der Waals surface area contributed by atoms with Gasteiger partial charge in [0.2, 0.25) is 0 Å². The highest BCUT2D eigenvalue weighted by atomic mass is 16.5. The lowest BCUT2D eigenvalue weighted by Crippen LogP contribution is -2.48. The fourth-order valence-corrected chi connectivity index (χ4v) is 1.33. The monoisotopic (exact) mass is 147 g/mol. The van der Waals surface area contributed by atoms with Crippen LogP contribution >= 0.6 is 0 Å². The second-order valence-corrected chi connectivity index (χ2v) is 2.89. The molecule has 1 fully saturated rings. The van der Waals surface area contributed by atoms with Gasteiger partial charge in [0.25, 0.3) is 0 Å². The predicted molar refractivity (Wildman–Crippen MR) is 34.3 cm³/mol. The molecular weight excluding hydrogens is 134 g/mol. The Kier molecular flexibility index (Phi) is 2.25. The molecule has 2 atom stereocenters. The van der Waals surface area contributed by atoms with Crippen LogP contribution in [0.5, 0.6) is 0 Å². The van der Waals surface area contributed by atoms with Gasteiger partial charge in [-0.15, -0.1) is 0 Å². The third-order valence-electron chi connectivity index (χ3n) is 1.91. The number of aliphatic hydroxyl groups is 2. The molecule has 0 aromatic heterocycles. The van der Waals surface area contributed by atoms with E-state index in [1.807, 2.05) is 0 Å². The summed E-state index contributed by atoms with van der Waals surface area (Å²) in [5, 5.41) is 26.9. The van der Waals surface area contributed by atoms with Gasteiger partial charge in [-0.1, -0.05) is 0 Å². The smallest absolute Gasteiger partial charge is 0.140 e. The van der Waals surface area contributed by atoms with Crippen LogP contribution in [0.3, 0.4) is 0 Å². The van der Waals surface area contributed by atoms with E-state index < -0.39 is 11.8 Å². The summed E-state index contributed by atoms with van der Waals surface area (Å²) in [7, 11) is 0. The minimum absolute atomic E-state index is 0.212. The summed E-state index contributed by atoms with van der Waals surface area (Å²) >= 11 is 0. The van der Waals surface area contributed by atoms with Gasteiger partial charge in [-0.2, -0.15) is 5.48 Å². The molecule has 4 heteroatoms. The molecule has 10 heavy (non-hydrogen) atoms. The lowest BCUT2D eigenvalue weighted by Gasteiger charge is -2.32. The Morgan fingerprint density at radius 2 is 2.20 bits per heavy atom. The summed E-state index contributed by atoms with van der Waals surface area (Å²) in [4.78, 5) is 0. The van der Waals surface area contributed by atoms with Crippen LogP contribution in [0.25, 0.3) is 0 Å². The normalized spacial score (nSPS) is 41.7. The Bertz CT molecular complexity index is 120. The zero-order valence-corrected chi connectivity index (χ0v) is 5.75. The van der Waals surface area contributed by atoms with Crippen molar-refractivity contribution < 1.29 is 15.4 Å². The molecule has 2 unspecified atom stereocenters. The van der Waals surface area contributed by atoms with E-state index in [2.05, 4.69) is 0 Å². The molecule has 0 radical (unpaired) electrons. The van der Waals surface area contributed by atoms with Crippen molar-refractivity contribution in [2.45, 2.75) is 37.5 Å². The molecule has 0 heterocycles. The van der Waals surface area contributed by atoms with Gasteiger partial charge in [-0.3, -0.25) is 0 Å². The maximum Gasteiger partial charge on any atom is 0.140 e. The first-order chi connectivity index (χ1) is 4.66. The number of nitrogens with one attached hydrogen (secondary N) is 1. The molecule has 0 aliphatic heterocycles. The number of hydrogen-bond acceptors (Lipinski definition) is 4. The molecule has 4 nitrogen and oxygen atoms in total. The zero-order valence-electron chi connectivity index (χ0n) is 5.75. The third-order valence-corrected chi connectivity index (χ3v) is 1.91. The van der Waals surface area contributed by atoms with Gasteiger partial charge in [0, 0.05) is 6.42 Å². The van der Waals surface area contributed by atoms with Crippen LogP contribution in [-0.4, -0.2) is 27.2 Å². The Morgan fingerprint density at radius 1 is 1.50 bits per heavy atom. The van der Waals surface area contributed by atoms with Crippen molar-refractivity contribution in [2.24, 2.45) is 0 Å². The highest BCUT2D eigenvalue weighted by Gasteiger charge is 2.32. The lowest BCUT2D eigenvalue weighted by atomic mass is 9.90. The predicted octanol–water partition coefficient (Wildman–Crippen LogP) is -0.411. The van der Waals surface area contributed by atoms with Crippen molar-refractivity contribution in [3.8, 4) is 0 Å². The molecule has 1 rings (SSSR count). The molecule has 60 valence electrons. The highest BCUT2D eigenvalue weighted by molar-refractivity contribution is 4.81. The SMILES string of the molecule is ONC1(O)CCCC(O)C1. The Balaban J connectivity index is 2.45. The van der Waals surface area contributed by atoms with Gasteiger partial charge in [-0.25, -0.2) is 0 Å². The van der Waals surface area contributed by atoms with Crippen LogP contribution in [0, 0.1) is 0 Å². The Labute approximate surface area is 59.4 Å². The van der Waals surface area contributed by atoms with E-state index in [1.165, 1.54) is 0 Å². The largest absolute Gasteiger partial charge is 0.393 e. The van der Waals surface area contributed by atoms with Crippen molar-refractivity contribution in [3.05, 3.63) is 0 Å². The minimum Gasteiger partial charge on any atom is -0.393 e. The average Bonchev–Trinajstić information content (AvgIpc) is 1.88. The molecule has 0 amide bonds. The van der Waals surface area contributed by atoms with E-state index in [4.69, 9.17) is 10.3 Å². The number of hydrogen-bond donors (Lipinski definition) is 4. The quantitative estimate of drug-likeness (QED) is 0.300. The van der Waals surface area contributed by atoms with Gasteiger partial charge in [0.1, 0.15) is 5.72 Å². The van der Waals surface area contributed by atoms with Crippen LogP contribution in [-0.2, 0) is 0 Å². The van der Waals surface area contributed by atoms with Crippen LogP contribution in [0.1, 0.15) is 25.7 Å².